The van der Waals surface area contributed by atoms with Crippen LogP contribution in [0.2, 0.25) is 0 Å². The zero-order valence-corrected chi connectivity index (χ0v) is 10.8. The molecule has 0 aromatic carbocycles. The molecule has 0 bridgehead atoms. The van der Waals surface area contributed by atoms with Crippen molar-refractivity contribution in [3.05, 3.63) is 18.7 Å². The summed E-state index contributed by atoms with van der Waals surface area (Å²) in [6.07, 6.45) is 6.39. The maximum absolute atomic E-state index is 9.02. The van der Waals surface area contributed by atoms with Crippen LogP contribution < -0.4 is 4.90 Å². The summed E-state index contributed by atoms with van der Waals surface area (Å²) in [7, 11) is 0. The Morgan fingerprint density at radius 1 is 1.21 bits per heavy atom. The van der Waals surface area contributed by atoms with E-state index >= 15 is 0 Å². The van der Waals surface area contributed by atoms with Crippen molar-refractivity contribution < 1.29 is 5.11 Å². The molecule has 19 heavy (non-hydrogen) atoms. The summed E-state index contributed by atoms with van der Waals surface area (Å²) in [4.78, 5) is 8.98. The standard InChI is InChI=1S/C12H18N6O/c19-9-8-16-3-1-4-17(7-6-16)11-12-15-14-10-18(12)5-2-13-11/h2,5,10,19H,1,3-4,6-9H2. The summed E-state index contributed by atoms with van der Waals surface area (Å²) >= 11 is 0. The number of aromatic nitrogens is 4. The fraction of sp³-hybridized carbons (Fsp3) is 0.583. The first-order valence-electron chi connectivity index (χ1n) is 6.61. The number of rotatable bonds is 3. The lowest BCUT2D eigenvalue weighted by Crippen LogP contribution is -2.33. The Balaban J connectivity index is 1.80. The van der Waals surface area contributed by atoms with Crippen molar-refractivity contribution in [2.24, 2.45) is 0 Å². The maximum Gasteiger partial charge on any atom is 0.203 e. The molecule has 0 spiro atoms. The molecule has 102 valence electrons. The number of hydrogen-bond acceptors (Lipinski definition) is 6. The molecule has 7 nitrogen and oxygen atoms in total. The Labute approximate surface area is 111 Å². The lowest BCUT2D eigenvalue weighted by molar-refractivity contribution is 0.204. The second-order valence-corrected chi connectivity index (χ2v) is 4.72. The lowest BCUT2D eigenvalue weighted by Gasteiger charge is -2.22. The molecule has 0 aliphatic carbocycles. The van der Waals surface area contributed by atoms with Crippen molar-refractivity contribution >= 4 is 11.5 Å². The van der Waals surface area contributed by atoms with Crippen LogP contribution >= 0.6 is 0 Å². The van der Waals surface area contributed by atoms with Gasteiger partial charge in [-0.3, -0.25) is 9.30 Å². The normalized spacial score (nSPS) is 17.8. The molecule has 1 saturated heterocycles. The SMILES string of the molecule is OCCN1CCCN(c2nccn3cnnc23)CC1. The van der Waals surface area contributed by atoms with Crippen molar-refractivity contribution in [3.63, 3.8) is 0 Å². The summed E-state index contributed by atoms with van der Waals surface area (Å²) in [5.41, 5.74) is 0.804. The fourth-order valence-electron chi connectivity index (χ4n) is 2.52. The first-order valence-corrected chi connectivity index (χ1v) is 6.61. The predicted molar refractivity (Wildman–Crippen MR) is 71.1 cm³/mol. The number of aliphatic hydroxyl groups excluding tert-OH is 1. The van der Waals surface area contributed by atoms with E-state index in [0.717, 1.165) is 50.6 Å². The zero-order valence-electron chi connectivity index (χ0n) is 10.8. The third-order valence-electron chi connectivity index (χ3n) is 3.50. The number of aliphatic hydroxyl groups is 1. The van der Waals surface area contributed by atoms with Crippen LogP contribution in [0.1, 0.15) is 6.42 Å². The molecule has 1 aliphatic rings. The highest BCUT2D eigenvalue weighted by atomic mass is 16.3. The average Bonchev–Trinajstić information content (AvgIpc) is 2.79. The van der Waals surface area contributed by atoms with Crippen LogP contribution in [0.4, 0.5) is 5.82 Å². The van der Waals surface area contributed by atoms with E-state index in [9.17, 15) is 0 Å². The Hall–Kier alpha value is -1.73. The average molecular weight is 262 g/mol. The molecule has 7 heteroatoms. The molecule has 3 heterocycles. The lowest BCUT2D eigenvalue weighted by atomic mass is 10.4. The van der Waals surface area contributed by atoms with Gasteiger partial charge in [0.05, 0.1) is 6.61 Å². The summed E-state index contributed by atoms with van der Waals surface area (Å²) in [6, 6.07) is 0. The minimum absolute atomic E-state index is 0.220. The van der Waals surface area contributed by atoms with E-state index in [0.29, 0.717) is 0 Å². The number of hydrogen-bond donors (Lipinski definition) is 1. The number of β-amino-alcohol motifs (C(OH)–C–C–N with tert-alkyl or cyclic N) is 1. The van der Waals surface area contributed by atoms with Gasteiger partial charge in [-0.15, -0.1) is 10.2 Å². The van der Waals surface area contributed by atoms with Gasteiger partial charge in [0.2, 0.25) is 5.65 Å². The van der Waals surface area contributed by atoms with Crippen LogP contribution in [0, 0.1) is 0 Å². The highest BCUT2D eigenvalue weighted by molar-refractivity contribution is 5.63. The quantitative estimate of drug-likeness (QED) is 0.814. The number of nitrogens with zero attached hydrogens (tertiary/aromatic N) is 6. The summed E-state index contributed by atoms with van der Waals surface area (Å²) in [5, 5.41) is 17.1. The third kappa shape index (κ3) is 2.52. The van der Waals surface area contributed by atoms with Crippen LogP contribution in [0.25, 0.3) is 5.65 Å². The van der Waals surface area contributed by atoms with E-state index in [1.165, 1.54) is 0 Å². The van der Waals surface area contributed by atoms with Crippen molar-refractivity contribution in [1.29, 1.82) is 0 Å². The van der Waals surface area contributed by atoms with E-state index in [1.54, 1.807) is 12.5 Å². The maximum atomic E-state index is 9.02. The minimum atomic E-state index is 0.220. The predicted octanol–water partition coefficient (Wildman–Crippen LogP) is -0.371. The highest BCUT2D eigenvalue weighted by Gasteiger charge is 2.18. The van der Waals surface area contributed by atoms with Gasteiger partial charge in [0.1, 0.15) is 6.33 Å². The molecule has 2 aromatic heterocycles. The van der Waals surface area contributed by atoms with Gasteiger partial charge in [-0.25, -0.2) is 4.98 Å². The smallest absolute Gasteiger partial charge is 0.203 e. The third-order valence-corrected chi connectivity index (χ3v) is 3.50. The van der Waals surface area contributed by atoms with E-state index in [4.69, 9.17) is 5.11 Å². The Morgan fingerprint density at radius 2 is 2.16 bits per heavy atom. The second-order valence-electron chi connectivity index (χ2n) is 4.72. The summed E-state index contributed by atoms with van der Waals surface area (Å²) in [5.74, 6) is 0.894. The van der Waals surface area contributed by atoms with Crippen molar-refractivity contribution in [2.75, 3.05) is 44.2 Å². The second kappa shape index (κ2) is 5.50. The number of fused-ring (bicyclic) bond motifs is 1. The van der Waals surface area contributed by atoms with Crippen LogP contribution in [-0.4, -0.2) is 68.9 Å². The largest absolute Gasteiger partial charge is 0.395 e. The Kier molecular flexibility index (Phi) is 3.56. The van der Waals surface area contributed by atoms with E-state index in [1.807, 2.05) is 10.6 Å². The van der Waals surface area contributed by atoms with Gasteiger partial charge >= 0.3 is 0 Å². The van der Waals surface area contributed by atoms with E-state index < -0.39 is 0 Å². The Morgan fingerprint density at radius 3 is 3.05 bits per heavy atom. The van der Waals surface area contributed by atoms with Crippen molar-refractivity contribution in [2.45, 2.75) is 6.42 Å². The summed E-state index contributed by atoms with van der Waals surface area (Å²) < 4.78 is 1.89. The summed E-state index contributed by atoms with van der Waals surface area (Å²) in [6.45, 7) is 4.79. The minimum Gasteiger partial charge on any atom is -0.395 e. The van der Waals surface area contributed by atoms with E-state index in [2.05, 4.69) is 25.0 Å². The van der Waals surface area contributed by atoms with Crippen LogP contribution in [0.5, 0.6) is 0 Å². The monoisotopic (exact) mass is 262 g/mol. The van der Waals surface area contributed by atoms with Crippen LogP contribution in [0.3, 0.4) is 0 Å². The van der Waals surface area contributed by atoms with Crippen molar-refractivity contribution in [1.82, 2.24) is 24.5 Å². The molecule has 1 fully saturated rings. The molecule has 0 saturated carbocycles. The molecular formula is C12H18N6O. The molecule has 2 aromatic rings. The van der Waals surface area contributed by atoms with Gasteiger partial charge in [-0.2, -0.15) is 0 Å². The molecule has 0 atom stereocenters. The van der Waals surface area contributed by atoms with Crippen LogP contribution in [-0.2, 0) is 0 Å². The molecule has 0 unspecified atom stereocenters. The van der Waals surface area contributed by atoms with Gasteiger partial charge < -0.3 is 10.0 Å². The molecule has 1 aliphatic heterocycles. The molecular weight excluding hydrogens is 244 g/mol. The van der Waals surface area contributed by atoms with E-state index in [-0.39, 0.29) is 6.61 Å². The first kappa shape index (κ1) is 12.3. The first-order chi connectivity index (χ1) is 9.38. The number of anilines is 1. The fourth-order valence-corrected chi connectivity index (χ4v) is 2.52. The van der Waals surface area contributed by atoms with Gasteiger partial charge in [0.25, 0.3) is 0 Å². The van der Waals surface area contributed by atoms with Crippen molar-refractivity contribution in [3.8, 4) is 0 Å². The van der Waals surface area contributed by atoms with Gasteiger partial charge in [0, 0.05) is 38.6 Å². The van der Waals surface area contributed by atoms with Gasteiger partial charge in [-0.1, -0.05) is 0 Å². The topological polar surface area (TPSA) is 69.8 Å². The molecule has 0 amide bonds. The molecule has 3 rings (SSSR count). The Bertz CT molecular complexity index is 542. The van der Waals surface area contributed by atoms with Gasteiger partial charge in [-0.05, 0) is 13.0 Å². The molecule has 0 radical (unpaired) electrons. The zero-order chi connectivity index (χ0) is 13.1. The van der Waals surface area contributed by atoms with Crippen LogP contribution in [0.15, 0.2) is 18.7 Å². The van der Waals surface area contributed by atoms with Gasteiger partial charge in [0.15, 0.2) is 5.82 Å². The highest BCUT2D eigenvalue weighted by Crippen LogP contribution is 2.17. The molecule has 1 N–H and O–H groups in total.